The lowest BCUT2D eigenvalue weighted by atomic mass is 9.47. The fourth-order valence-electron chi connectivity index (χ4n) is 9.24. The van der Waals surface area contributed by atoms with E-state index in [1.807, 2.05) is 0 Å². The Bertz CT molecular complexity index is 1030. The molecule has 1 aliphatic heterocycles. The Labute approximate surface area is 233 Å². The quantitative estimate of drug-likeness (QED) is 0.267. The molecule has 40 heavy (non-hydrogen) atoms. The summed E-state index contributed by atoms with van der Waals surface area (Å²) < 4.78 is 16.3. The van der Waals surface area contributed by atoms with Crippen molar-refractivity contribution in [1.29, 1.82) is 0 Å². The first-order valence-corrected chi connectivity index (χ1v) is 14.6. The molecule has 4 aliphatic carbocycles. The summed E-state index contributed by atoms with van der Waals surface area (Å²) in [6.45, 7) is 5.31. The minimum atomic E-state index is -1.77. The molecular weight excluding hydrogens is 524 g/mol. The van der Waals surface area contributed by atoms with E-state index in [4.69, 9.17) is 14.2 Å². The van der Waals surface area contributed by atoms with Gasteiger partial charge in [-0.2, -0.15) is 0 Å². The van der Waals surface area contributed by atoms with Crippen LogP contribution < -0.4 is 0 Å². The number of carbonyl (C=O) groups is 4. The summed E-state index contributed by atoms with van der Waals surface area (Å²) >= 11 is 0. The van der Waals surface area contributed by atoms with Gasteiger partial charge >= 0.3 is 11.9 Å². The highest BCUT2D eigenvalue weighted by Gasteiger charge is 2.62. The van der Waals surface area contributed by atoms with Crippen molar-refractivity contribution in [3.05, 3.63) is 0 Å². The Morgan fingerprint density at radius 3 is 2.38 bits per heavy atom. The highest BCUT2D eigenvalue weighted by Crippen LogP contribution is 2.64. The van der Waals surface area contributed by atoms with Crippen LogP contribution in [0.15, 0.2) is 0 Å². The van der Waals surface area contributed by atoms with Crippen molar-refractivity contribution in [1.82, 2.24) is 0 Å². The molecule has 1 heterocycles. The molecule has 5 rings (SSSR count). The standard InChI is InChI=1S/C29H42O11/c1-12-8-17-18-6-7-19(21(32)11-38-13(2)30)29(18,3)10-20(31)22(17)15-5-4-14(9-16(12)15)39-28-25(35)23(33)24(34)26(40-28)27(36)37/h12,14-19,22-26,28,33-35H,4-11H2,1-3H3,(H,36,37)/t12-,14+,15-,16-,17-,18-,19+,22+,23-,24-,25+,26-,28?,29-/m0/s1. The molecular formula is C29H42O11. The summed E-state index contributed by atoms with van der Waals surface area (Å²) in [6.07, 6.45) is -3.76. The van der Waals surface area contributed by atoms with E-state index < -0.39 is 48.1 Å². The molecule has 0 bridgehead atoms. The van der Waals surface area contributed by atoms with Crippen LogP contribution in [0.5, 0.6) is 0 Å². The predicted molar refractivity (Wildman–Crippen MR) is 136 cm³/mol. The third-order valence-electron chi connectivity index (χ3n) is 11.0. The van der Waals surface area contributed by atoms with E-state index in [0.717, 1.165) is 19.3 Å². The number of rotatable bonds is 6. The van der Waals surface area contributed by atoms with E-state index in [1.54, 1.807) is 0 Å². The van der Waals surface area contributed by atoms with Crippen LogP contribution in [0.25, 0.3) is 0 Å². The SMILES string of the molecule is CC(=O)OCC(=O)[C@H]1CC[C@H]2[C@@H]3C[C@H](C)[C@@H]4C[C@H](OC5O[C@H](C(=O)O)[C@@H](O)[C@H](O)[C@H]5O)CC[C@@H]4[C@H]3C(=O)C[C@]12C. The number of Topliss-reactive ketones (excluding diaryl/α,β-unsaturated/α-hetero) is 2. The second-order valence-electron chi connectivity index (χ2n) is 13.2. The number of esters is 1. The van der Waals surface area contributed by atoms with Gasteiger partial charge in [-0.1, -0.05) is 13.8 Å². The Balaban J connectivity index is 1.27. The van der Waals surface area contributed by atoms with Crippen LogP contribution in [0.2, 0.25) is 0 Å². The van der Waals surface area contributed by atoms with Crippen molar-refractivity contribution in [2.75, 3.05) is 6.61 Å². The van der Waals surface area contributed by atoms with Crippen LogP contribution in [0.3, 0.4) is 0 Å². The molecule has 4 saturated carbocycles. The van der Waals surface area contributed by atoms with Crippen molar-refractivity contribution in [2.24, 2.45) is 46.8 Å². The van der Waals surface area contributed by atoms with Crippen molar-refractivity contribution in [3.63, 3.8) is 0 Å². The van der Waals surface area contributed by atoms with Crippen LogP contribution in [0.1, 0.15) is 65.7 Å². The van der Waals surface area contributed by atoms with Crippen molar-refractivity contribution in [2.45, 2.75) is 103 Å². The van der Waals surface area contributed by atoms with Gasteiger partial charge in [-0.25, -0.2) is 4.79 Å². The Morgan fingerprint density at radius 1 is 0.975 bits per heavy atom. The largest absolute Gasteiger partial charge is 0.479 e. The third-order valence-corrected chi connectivity index (χ3v) is 11.0. The third kappa shape index (κ3) is 5.02. The number of carboxylic acids is 1. The number of hydrogen-bond acceptors (Lipinski definition) is 10. The summed E-state index contributed by atoms with van der Waals surface area (Å²) in [7, 11) is 0. The molecule has 0 amide bonds. The lowest BCUT2D eigenvalue weighted by Gasteiger charge is -2.57. The van der Waals surface area contributed by atoms with E-state index >= 15 is 0 Å². The van der Waals surface area contributed by atoms with Crippen molar-refractivity contribution in [3.8, 4) is 0 Å². The number of ether oxygens (including phenoxy) is 3. The molecule has 0 aromatic heterocycles. The lowest BCUT2D eigenvalue weighted by molar-refractivity contribution is -0.308. The number of aliphatic hydroxyl groups excluding tert-OH is 3. The summed E-state index contributed by atoms with van der Waals surface area (Å²) in [5.41, 5.74) is -0.428. The second-order valence-corrected chi connectivity index (χ2v) is 13.2. The van der Waals surface area contributed by atoms with Gasteiger partial charge < -0.3 is 34.6 Å². The zero-order valence-electron chi connectivity index (χ0n) is 23.3. The van der Waals surface area contributed by atoms with Gasteiger partial charge in [-0.3, -0.25) is 14.4 Å². The Hall–Kier alpha value is -1.92. The highest BCUT2D eigenvalue weighted by atomic mass is 16.7. The number of aliphatic hydroxyl groups is 3. The molecule has 0 spiro atoms. The van der Waals surface area contributed by atoms with Gasteiger partial charge in [0.05, 0.1) is 6.10 Å². The molecule has 0 aromatic carbocycles. The van der Waals surface area contributed by atoms with Gasteiger partial charge in [0.25, 0.3) is 0 Å². The number of aliphatic carboxylic acids is 1. The van der Waals surface area contributed by atoms with E-state index in [2.05, 4.69) is 13.8 Å². The Morgan fingerprint density at radius 2 is 1.70 bits per heavy atom. The monoisotopic (exact) mass is 566 g/mol. The molecule has 5 fully saturated rings. The zero-order valence-corrected chi connectivity index (χ0v) is 23.3. The van der Waals surface area contributed by atoms with Gasteiger partial charge in [0, 0.05) is 25.2 Å². The van der Waals surface area contributed by atoms with Crippen LogP contribution in [-0.4, -0.2) is 87.3 Å². The first-order chi connectivity index (χ1) is 18.8. The molecule has 14 atom stereocenters. The molecule has 4 N–H and O–H groups in total. The number of hydrogen-bond donors (Lipinski definition) is 4. The molecule has 0 aromatic rings. The Kier molecular flexibility index (Phi) is 8.17. The van der Waals surface area contributed by atoms with Gasteiger partial charge in [-0.05, 0) is 73.5 Å². The molecule has 11 heteroatoms. The summed E-state index contributed by atoms with van der Waals surface area (Å²) in [6, 6.07) is 0. The topological polar surface area (TPSA) is 177 Å². The normalized spacial score (nSPS) is 48.5. The van der Waals surface area contributed by atoms with Crippen molar-refractivity contribution < 1.29 is 53.8 Å². The average Bonchev–Trinajstić information content (AvgIpc) is 3.24. The van der Waals surface area contributed by atoms with Gasteiger partial charge in [-0.15, -0.1) is 0 Å². The van der Waals surface area contributed by atoms with Gasteiger partial charge in [0.15, 0.2) is 18.2 Å². The first kappa shape index (κ1) is 29.6. The number of carbonyl (C=O) groups excluding carboxylic acids is 3. The van der Waals surface area contributed by atoms with E-state index in [9.17, 15) is 39.6 Å². The second kappa shape index (κ2) is 11.1. The smallest absolute Gasteiger partial charge is 0.335 e. The molecule has 1 saturated heterocycles. The molecule has 5 aliphatic rings. The predicted octanol–water partition coefficient (Wildman–Crippen LogP) is 1.09. The van der Waals surface area contributed by atoms with E-state index in [0.29, 0.717) is 31.6 Å². The molecule has 1 unspecified atom stereocenters. The zero-order chi connectivity index (χ0) is 29.1. The van der Waals surface area contributed by atoms with E-state index in [-0.39, 0.29) is 59.8 Å². The van der Waals surface area contributed by atoms with Crippen LogP contribution in [0.4, 0.5) is 0 Å². The average molecular weight is 567 g/mol. The molecule has 0 radical (unpaired) electrons. The fourth-order valence-corrected chi connectivity index (χ4v) is 9.24. The number of fused-ring (bicyclic) bond motifs is 5. The fraction of sp³-hybridized carbons (Fsp3) is 0.862. The summed E-state index contributed by atoms with van der Waals surface area (Å²) in [4.78, 5) is 49.5. The maximum absolute atomic E-state index is 13.8. The highest BCUT2D eigenvalue weighted by molar-refractivity contribution is 5.88. The number of carboxylic acid groups (broad SMARTS) is 1. The summed E-state index contributed by atoms with van der Waals surface area (Å²) in [5, 5.41) is 39.8. The van der Waals surface area contributed by atoms with Gasteiger partial charge in [0.1, 0.15) is 30.7 Å². The first-order valence-electron chi connectivity index (χ1n) is 14.6. The minimum absolute atomic E-state index is 0.0765. The van der Waals surface area contributed by atoms with E-state index in [1.165, 1.54) is 6.92 Å². The maximum atomic E-state index is 13.8. The van der Waals surface area contributed by atoms with Crippen LogP contribution >= 0.6 is 0 Å². The van der Waals surface area contributed by atoms with Crippen LogP contribution in [-0.2, 0) is 33.4 Å². The van der Waals surface area contributed by atoms with Crippen LogP contribution in [0, 0.1) is 46.8 Å². The maximum Gasteiger partial charge on any atom is 0.335 e. The minimum Gasteiger partial charge on any atom is -0.479 e. The lowest BCUT2D eigenvalue weighted by Crippen LogP contribution is -2.61. The summed E-state index contributed by atoms with van der Waals surface area (Å²) in [5.74, 6) is -1.07. The molecule has 224 valence electrons. The van der Waals surface area contributed by atoms with Gasteiger partial charge in [0.2, 0.25) is 0 Å². The molecule has 11 nitrogen and oxygen atoms in total. The van der Waals surface area contributed by atoms with Crippen molar-refractivity contribution >= 4 is 23.5 Å². The number of ketones is 2.